The highest BCUT2D eigenvalue weighted by molar-refractivity contribution is 9.10. The Hall–Kier alpha value is -2.15. The monoisotopic (exact) mass is 337 g/mol. The van der Waals surface area contributed by atoms with Crippen LogP contribution in [0.15, 0.2) is 35.1 Å². The quantitative estimate of drug-likeness (QED) is 0.846. The fourth-order valence-electron chi connectivity index (χ4n) is 1.54. The number of hydrogen-bond acceptors (Lipinski definition) is 4. The van der Waals surface area contributed by atoms with Gasteiger partial charge in [0.1, 0.15) is 18.7 Å². The number of carbonyl (C=O) groups is 1. The molecule has 1 heterocycles. The van der Waals surface area contributed by atoms with Gasteiger partial charge in [-0.1, -0.05) is 15.9 Å². The van der Waals surface area contributed by atoms with Crippen molar-refractivity contribution in [3.8, 4) is 5.75 Å². The molecule has 0 unspecified atom stereocenters. The molecule has 0 atom stereocenters. The second kappa shape index (κ2) is 6.33. The van der Waals surface area contributed by atoms with Crippen molar-refractivity contribution in [1.82, 2.24) is 14.8 Å². The van der Waals surface area contributed by atoms with Gasteiger partial charge in [0.15, 0.2) is 5.82 Å². The molecular formula is C13H12BrN3O3. The number of hydrogen-bond donors (Lipinski definition) is 1. The van der Waals surface area contributed by atoms with Crippen LogP contribution in [0.1, 0.15) is 11.4 Å². The fraction of sp³-hybridized carbons (Fsp3) is 0.154. The van der Waals surface area contributed by atoms with Gasteiger partial charge in [-0.05, 0) is 24.3 Å². The largest absolute Gasteiger partial charge is 0.485 e. The SMILES string of the molecule is Cn1ncnc1COc1ccc(Br)cc1C=CC(=O)O. The van der Waals surface area contributed by atoms with E-state index in [0.717, 1.165) is 10.5 Å². The number of benzene rings is 1. The summed E-state index contributed by atoms with van der Waals surface area (Å²) in [5.74, 6) is 0.249. The van der Waals surface area contributed by atoms with Gasteiger partial charge in [0, 0.05) is 23.2 Å². The van der Waals surface area contributed by atoms with Crippen LogP contribution in [0.5, 0.6) is 5.75 Å². The molecule has 2 rings (SSSR count). The van der Waals surface area contributed by atoms with Gasteiger partial charge >= 0.3 is 5.97 Å². The molecule has 1 aromatic heterocycles. The molecule has 0 amide bonds. The molecule has 1 aromatic carbocycles. The van der Waals surface area contributed by atoms with Crippen LogP contribution in [0, 0.1) is 0 Å². The molecule has 0 radical (unpaired) electrons. The zero-order valence-corrected chi connectivity index (χ0v) is 12.2. The van der Waals surface area contributed by atoms with Crippen molar-refractivity contribution in [2.45, 2.75) is 6.61 Å². The highest BCUT2D eigenvalue weighted by Crippen LogP contribution is 2.25. The first kappa shape index (κ1) is 14.3. The summed E-state index contributed by atoms with van der Waals surface area (Å²) in [4.78, 5) is 14.7. The van der Waals surface area contributed by atoms with Crippen LogP contribution in [0.4, 0.5) is 0 Å². The first-order valence-electron chi connectivity index (χ1n) is 5.72. The van der Waals surface area contributed by atoms with Crippen LogP contribution in [0.25, 0.3) is 6.08 Å². The predicted molar refractivity (Wildman–Crippen MR) is 76.1 cm³/mol. The van der Waals surface area contributed by atoms with Gasteiger partial charge in [-0.2, -0.15) is 5.10 Å². The van der Waals surface area contributed by atoms with Crippen LogP contribution in [0.3, 0.4) is 0 Å². The fourth-order valence-corrected chi connectivity index (χ4v) is 1.91. The van der Waals surface area contributed by atoms with E-state index in [2.05, 4.69) is 26.0 Å². The van der Waals surface area contributed by atoms with Gasteiger partial charge in [-0.25, -0.2) is 9.78 Å². The molecule has 0 aliphatic carbocycles. The molecule has 0 fully saturated rings. The summed E-state index contributed by atoms with van der Waals surface area (Å²) in [5, 5.41) is 12.6. The Kier molecular flexibility index (Phi) is 4.52. The number of ether oxygens (including phenoxy) is 1. The Balaban J connectivity index is 2.18. The normalized spacial score (nSPS) is 10.9. The maximum Gasteiger partial charge on any atom is 0.328 e. The maximum atomic E-state index is 10.6. The number of aliphatic carboxylic acids is 1. The minimum Gasteiger partial charge on any atom is -0.485 e. The standard InChI is InChI=1S/C13H12BrN3O3/c1-17-12(15-8-16-17)7-20-11-4-3-10(14)6-9(11)2-5-13(18)19/h2-6,8H,7H2,1H3,(H,18,19). The molecule has 6 nitrogen and oxygen atoms in total. The third-order valence-electron chi connectivity index (χ3n) is 2.54. The summed E-state index contributed by atoms with van der Waals surface area (Å²) >= 11 is 3.34. The van der Waals surface area contributed by atoms with E-state index < -0.39 is 5.97 Å². The zero-order chi connectivity index (χ0) is 14.5. The summed E-state index contributed by atoms with van der Waals surface area (Å²) < 4.78 is 8.12. The van der Waals surface area contributed by atoms with Gasteiger partial charge in [-0.15, -0.1) is 0 Å². The summed E-state index contributed by atoms with van der Waals surface area (Å²) in [6, 6.07) is 5.37. The number of rotatable bonds is 5. The molecule has 104 valence electrons. The third-order valence-corrected chi connectivity index (χ3v) is 3.03. The highest BCUT2D eigenvalue weighted by atomic mass is 79.9. The molecule has 0 bridgehead atoms. The Morgan fingerprint density at radius 3 is 3.00 bits per heavy atom. The first-order valence-corrected chi connectivity index (χ1v) is 6.52. The zero-order valence-electron chi connectivity index (χ0n) is 10.7. The van der Waals surface area contributed by atoms with E-state index in [1.807, 2.05) is 6.07 Å². The molecule has 0 saturated heterocycles. The first-order chi connectivity index (χ1) is 9.56. The summed E-state index contributed by atoms with van der Waals surface area (Å²) in [5.41, 5.74) is 0.670. The molecule has 0 spiro atoms. The van der Waals surface area contributed by atoms with Crippen LogP contribution in [-0.4, -0.2) is 25.8 Å². The number of carboxylic acids is 1. The van der Waals surface area contributed by atoms with Crippen LogP contribution >= 0.6 is 15.9 Å². The molecule has 20 heavy (non-hydrogen) atoms. The Labute approximate surface area is 123 Å². The lowest BCUT2D eigenvalue weighted by Crippen LogP contribution is -2.05. The molecule has 2 aromatic rings. The van der Waals surface area contributed by atoms with Gasteiger partial charge in [0.2, 0.25) is 0 Å². The van der Waals surface area contributed by atoms with Crippen molar-refractivity contribution >= 4 is 28.0 Å². The van der Waals surface area contributed by atoms with Crippen molar-refractivity contribution < 1.29 is 14.6 Å². The minimum atomic E-state index is -1.01. The summed E-state index contributed by atoms with van der Waals surface area (Å²) in [6.07, 6.45) is 4.00. The molecule has 7 heteroatoms. The minimum absolute atomic E-state index is 0.256. The number of nitrogens with zero attached hydrogens (tertiary/aromatic N) is 3. The van der Waals surface area contributed by atoms with Crippen LogP contribution in [-0.2, 0) is 18.4 Å². The maximum absolute atomic E-state index is 10.6. The predicted octanol–water partition coefficient (Wildman–Crippen LogP) is 2.25. The van der Waals surface area contributed by atoms with Gasteiger partial charge in [-0.3, -0.25) is 4.68 Å². The number of halogens is 1. The van der Waals surface area contributed by atoms with E-state index in [1.165, 1.54) is 12.4 Å². The van der Waals surface area contributed by atoms with Crippen molar-refractivity contribution in [2.24, 2.45) is 7.05 Å². The lowest BCUT2D eigenvalue weighted by Gasteiger charge is -2.09. The van der Waals surface area contributed by atoms with Gasteiger partial charge in [0.25, 0.3) is 0 Å². The molecule has 1 N–H and O–H groups in total. The molecule has 0 saturated carbocycles. The van der Waals surface area contributed by atoms with Crippen molar-refractivity contribution in [3.05, 3.63) is 46.5 Å². The number of aromatic nitrogens is 3. The van der Waals surface area contributed by atoms with Crippen LogP contribution in [0.2, 0.25) is 0 Å². The Morgan fingerprint density at radius 1 is 1.55 bits per heavy atom. The average molecular weight is 338 g/mol. The van der Waals surface area contributed by atoms with Crippen molar-refractivity contribution in [2.75, 3.05) is 0 Å². The molecule has 0 aliphatic heterocycles. The average Bonchev–Trinajstić information content (AvgIpc) is 2.81. The topological polar surface area (TPSA) is 77.2 Å². The summed E-state index contributed by atoms with van der Waals surface area (Å²) in [6.45, 7) is 0.256. The molecular weight excluding hydrogens is 326 g/mol. The van der Waals surface area contributed by atoms with E-state index in [9.17, 15) is 4.79 Å². The van der Waals surface area contributed by atoms with E-state index >= 15 is 0 Å². The van der Waals surface area contributed by atoms with Crippen LogP contribution < -0.4 is 4.74 Å². The molecule has 0 aliphatic rings. The van der Waals surface area contributed by atoms with Crippen molar-refractivity contribution in [3.63, 3.8) is 0 Å². The Bertz CT molecular complexity index is 652. The lowest BCUT2D eigenvalue weighted by atomic mass is 10.2. The second-order valence-electron chi connectivity index (χ2n) is 3.94. The lowest BCUT2D eigenvalue weighted by molar-refractivity contribution is -0.131. The van der Waals surface area contributed by atoms with Gasteiger partial charge < -0.3 is 9.84 Å². The van der Waals surface area contributed by atoms with E-state index in [-0.39, 0.29) is 6.61 Å². The second-order valence-corrected chi connectivity index (χ2v) is 4.86. The number of aryl methyl sites for hydroxylation is 1. The third kappa shape index (κ3) is 3.67. The number of carboxylic acid groups (broad SMARTS) is 1. The van der Waals surface area contributed by atoms with Crippen molar-refractivity contribution in [1.29, 1.82) is 0 Å². The highest BCUT2D eigenvalue weighted by Gasteiger charge is 2.06. The van der Waals surface area contributed by atoms with Gasteiger partial charge in [0.05, 0.1) is 0 Å². The Morgan fingerprint density at radius 2 is 2.35 bits per heavy atom. The van der Waals surface area contributed by atoms with E-state index in [1.54, 1.807) is 23.9 Å². The van der Waals surface area contributed by atoms with E-state index in [0.29, 0.717) is 17.1 Å². The smallest absolute Gasteiger partial charge is 0.328 e. The summed E-state index contributed by atoms with van der Waals surface area (Å²) in [7, 11) is 1.78. The van der Waals surface area contributed by atoms with E-state index in [4.69, 9.17) is 9.84 Å².